The topological polar surface area (TPSA) is 78.6 Å². The number of fused-ring (bicyclic) bond motifs is 1. The summed E-state index contributed by atoms with van der Waals surface area (Å²) in [6.07, 6.45) is 2.32. The summed E-state index contributed by atoms with van der Waals surface area (Å²) in [4.78, 5) is 27.0. The molecule has 2 aromatic carbocycles. The van der Waals surface area contributed by atoms with E-state index in [-0.39, 0.29) is 10.6 Å². The molecule has 0 spiro atoms. The van der Waals surface area contributed by atoms with Gasteiger partial charge in [0.15, 0.2) is 0 Å². The number of nitrogens with zero attached hydrogens (tertiary/aromatic N) is 6. The minimum absolute atomic E-state index is 0.0170. The van der Waals surface area contributed by atoms with Crippen molar-refractivity contribution in [3.05, 3.63) is 87.7 Å². The van der Waals surface area contributed by atoms with Crippen LogP contribution >= 0.6 is 0 Å². The van der Waals surface area contributed by atoms with Gasteiger partial charge in [-0.25, -0.2) is 9.97 Å². The first-order valence-electron chi connectivity index (χ1n) is 11.0. The third kappa shape index (κ3) is 4.13. The summed E-state index contributed by atoms with van der Waals surface area (Å²) in [7, 11) is 0. The Bertz CT molecular complexity index is 1100. The normalized spacial score (nSPS) is 16.6. The monoisotopic (exact) mass is 430 g/mol. The minimum Gasteiger partial charge on any atom is -0.348 e. The summed E-state index contributed by atoms with van der Waals surface area (Å²) in [5.74, 6) is 0.847. The number of hydrogen-bond acceptors (Lipinski definition) is 7. The fraction of sp³-hybridized carbons (Fsp3) is 0.333. The molecular weight excluding hydrogens is 404 g/mol. The third-order valence-electron chi connectivity index (χ3n) is 6.32. The first-order valence-corrected chi connectivity index (χ1v) is 11.0. The summed E-state index contributed by atoms with van der Waals surface area (Å²) in [5.41, 5.74) is 3.79. The lowest BCUT2D eigenvalue weighted by molar-refractivity contribution is -0.383. The van der Waals surface area contributed by atoms with E-state index in [0.717, 1.165) is 26.1 Å². The van der Waals surface area contributed by atoms with Crippen LogP contribution in [0.1, 0.15) is 16.7 Å². The average molecular weight is 431 g/mol. The number of nitro groups is 1. The Labute approximate surface area is 187 Å². The molecule has 5 rings (SSSR count). The van der Waals surface area contributed by atoms with Crippen LogP contribution in [0.4, 0.5) is 17.3 Å². The molecule has 0 atom stereocenters. The van der Waals surface area contributed by atoms with E-state index in [9.17, 15) is 10.1 Å². The van der Waals surface area contributed by atoms with Crippen LogP contribution in [0.5, 0.6) is 0 Å². The van der Waals surface area contributed by atoms with E-state index in [0.29, 0.717) is 37.8 Å². The number of anilines is 2. The molecule has 3 aromatic rings. The highest BCUT2D eigenvalue weighted by atomic mass is 16.6. The van der Waals surface area contributed by atoms with Crippen molar-refractivity contribution in [2.45, 2.75) is 19.5 Å². The van der Waals surface area contributed by atoms with E-state index in [1.54, 1.807) is 0 Å². The number of rotatable bonds is 5. The van der Waals surface area contributed by atoms with Gasteiger partial charge in [-0.05, 0) is 23.1 Å². The highest BCUT2D eigenvalue weighted by molar-refractivity contribution is 5.71. The molecule has 0 bridgehead atoms. The molecule has 0 amide bonds. The second kappa shape index (κ2) is 8.92. The van der Waals surface area contributed by atoms with Crippen molar-refractivity contribution in [3.63, 3.8) is 0 Å². The molecule has 8 heteroatoms. The Morgan fingerprint density at radius 1 is 0.812 bits per heavy atom. The summed E-state index contributed by atoms with van der Waals surface area (Å²) in [6, 6.07) is 18.6. The van der Waals surface area contributed by atoms with Gasteiger partial charge in [-0.2, -0.15) is 0 Å². The van der Waals surface area contributed by atoms with Crippen LogP contribution in [0, 0.1) is 10.1 Å². The van der Waals surface area contributed by atoms with Gasteiger partial charge in [0.2, 0.25) is 11.6 Å². The molecule has 0 radical (unpaired) electrons. The van der Waals surface area contributed by atoms with E-state index in [4.69, 9.17) is 0 Å². The molecule has 1 saturated heterocycles. The Kier molecular flexibility index (Phi) is 5.68. The van der Waals surface area contributed by atoms with Gasteiger partial charge in [-0.3, -0.25) is 15.0 Å². The Balaban J connectivity index is 1.35. The maximum absolute atomic E-state index is 12.1. The maximum Gasteiger partial charge on any atom is 0.353 e. The molecule has 0 aliphatic carbocycles. The molecule has 164 valence electrons. The molecule has 0 unspecified atom stereocenters. The van der Waals surface area contributed by atoms with Crippen molar-refractivity contribution in [2.24, 2.45) is 0 Å². The summed E-state index contributed by atoms with van der Waals surface area (Å²) in [6.45, 7) is 5.29. The number of aromatic nitrogens is 2. The van der Waals surface area contributed by atoms with E-state index in [1.807, 2.05) is 28.0 Å². The first-order chi connectivity index (χ1) is 15.7. The Morgan fingerprint density at radius 2 is 1.47 bits per heavy atom. The predicted molar refractivity (Wildman–Crippen MR) is 124 cm³/mol. The number of hydrogen-bond donors (Lipinski definition) is 0. The van der Waals surface area contributed by atoms with Gasteiger partial charge in [0.1, 0.15) is 6.33 Å². The zero-order valence-corrected chi connectivity index (χ0v) is 17.9. The average Bonchev–Trinajstić information content (AvgIpc) is 2.84. The maximum atomic E-state index is 12.1. The van der Waals surface area contributed by atoms with E-state index in [2.05, 4.69) is 51.3 Å². The quantitative estimate of drug-likeness (QED) is 0.454. The van der Waals surface area contributed by atoms with Crippen LogP contribution in [0.3, 0.4) is 0 Å². The van der Waals surface area contributed by atoms with Gasteiger partial charge >= 0.3 is 5.69 Å². The van der Waals surface area contributed by atoms with Crippen molar-refractivity contribution in [1.29, 1.82) is 0 Å². The second-order valence-electron chi connectivity index (χ2n) is 8.32. The van der Waals surface area contributed by atoms with Crippen LogP contribution in [0.2, 0.25) is 0 Å². The lowest BCUT2D eigenvalue weighted by atomic mass is 10.00. The molecule has 2 aliphatic heterocycles. The Hall–Kier alpha value is -3.52. The Morgan fingerprint density at radius 3 is 2.19 bits per heavy atom. The molecule has 0 N–H and O–H groups in total. The predicted octanol–water partition coefficient (Wildman–Crippen LogP) is 3.27. The molecule has 8 nitrogen and oxygen atoms in total. The van der Waals surface area contributed by atoms with Gasteiger partial charge in [-0.15, -0.1) is 0 Å². The van der Waals surface area contributed by atoms with E-state index in [1.165, 1.54) is 23.0 Å². The highest BCUT2D eigenvalue weighted by Crippen LogP contribution is 2.36. The summed E-state index contributed by atoms with van der Waals surface area (Å²) >= 11 is 0. The molecule has 1 aromatic heterocycles. The van der Waals surface area contributed by atoms with Gasteiger partial charge in [0.25, 0.3) is 0 Å². The van der Waals surface area contributed by atoms with Crippen LogP contribution in [-0.2, 0) is 19.5 Å². The smallest absolute Gasteiger partial charge is 0.348 e. The molecule has 32 heavy (non-hydrogen) atoms. The first kappa shape index (κ1) is 20.4. The van der Waals surface area contributed by atoms with Gasteiger partial charge in [0.05, 0.1) is 4.92 Å². The summed E-state index contributed by atoms with van der Waals surface area (Å²) < 4.78 is 0. The highest BCUT2D eigenvalue weighted by Gasteiger charge is 2.32. The second-order valence-corrected chi connectivity index (χ2v) is 8.32. The van der Waals surface area contributed by atoms with Gasteiger partial charge in [-0.1, -0.05) is 54.6 Å². The molecule has 1 fully saturated rings. The number of piperazine rings is 1. The van der Waals surface area contributed by atoms with E-state index >= 15 is 0 Å². The molecule has 2 aliphatic rings. The van der Waals surface area contributed by atoms with Crippen molar-refractivity contribution in [3.8, 4) is 0 Å². The van der Waals surface area contributed by atoms with E-state index < -0.39 is 0 Å². The fourth-order valence-electron chi connectivity index (χ4n) is 4.62. The lowest BCUT2D eigenvalue weighted by Gasteiger charge is -2.35. The van der Waals surface area contributed by atoms with Crippen LogP contribution < -0.4 is 9.80 Å². The third-order valence-corrected chi connectivity index (χ3v) is 6.32. The van der Waals surface area contributed by atoms with Crippen molar-refractivity contribution in [2.75, 3.05) is 42.5 Å². The molecule has 0 saturated carbocycles. The largest absolute Gasteiger partial charge is 0.353 e. The van der Waals surface area contributed by atoms with Crippen LogP contribution in [-0.4, -0.2) is 52.5 Å². The van der Waals surface area contributed by atoms with Gasteiger partial charge < -0.3 is 9.80 Å². The van der Waals surface area contributed by atoms with Crippen molar-refractivity contribution in [1.82, 2.24) is 14.9 Å². The van der Waals surface area contributed by atoms with Crippen molar-refractivity contribution >= 4 is 17.3 Å². The van der Waals surface area contributed by atoms with Gasteiger partial charge in [0, 0.05) is 45.8 Å². The lowest BCUT2D eigenvalue weighted by Crippen LogP contribution is -2.46. The van der Waals surface area contributed by atoms with Crippen molar-refractivity contribution < 1.29 is 4.92 Å². The minimum atomic E-state index is -0.318. The number of benzene rings is 2. The zero-order valence-electron chi connectivity index (χ0n) is 17.9. The standard InChI is InChI=1S/C24H26N6O2/c31-30(32)22-23(28-14-12-27(13-15-28)16-19-6-2-1-3-7-19)25-18-26-24(22)29-11-10-20-8-4-5-9-21(20)17-29/h1-9,18H,10-17H2. The zero-order chi connectivity index (χ0) is 21.9. The van der Waals surface area contributed by atoms with Crippen LogP contribution in [0.25, 0.3) is 0 Å². The van der Waals surface area contributed by atoms with Crippen LogP contribution in [0.15, 0.2) is 60.9 Å². The molecular formula is C24H26N6O2. The summed E-state index contributed by atoms with van der Waals surface area (Å²) in [5, 5.41) is 12.1. The fourth-order valence-corrected chi connectivity index (χ4v) is 4.62. The molecule has 3 heterocycles. The SMILES string of the molecule is O=[N+]([O-])c1c(N2CCN(Cc3ccccc3)CC2)ncnc1N1CCc2ccccc2C1.